The summed E-state index contributed by atoms with van der Waals surface area (Å²) in [5, 5.41) is 19.8. The zero-order chi connectivity index (χ0) is 15.8. The van der Waals surface area contributed by atoms with Crippen LogP contribution >= 0.6 is 0 Å². The number of hydrogen-bond donors (Lipinski definition) is 2. The van der Waals surface area contributed by atoms with Gasteiger partial charge in [0.1, 0.15) is 6.10 Å². The van der Waals surface area contributed by atoms with Crippen molar-refractivity contribution in [3.63, 3.8) is 0 Å². The largest absolute Gasteiger partial charge is 0.481 e. The van der Waals surface area contributed by atoms with E-state index in [0.29, 0.717) is 6.42 Å². The molecule has 0 radical (unpaired) electrons. The number of carboxylic acid groups (broad SMARTS) is 1. The number of aliphatic hydroxyl groups is 1. The fourth-order valence-corrected chi connectivity index (χ4v) is 4.05. The van der Waals surface area contributed by atoms with Crippen molar-refractivity contribution >= 4 is 11.8 Å². The molecule has 0 saturated carbocycles. The molecular formula is C16H22O5. The number of fused-ring (bicyclic) bond motifs is 1. The van der Waals surface area contributed by atoms with Gasteiger partial charge in [0, 0.05) is 18.4 Å². The van der Waals surface area contributed by atoms with Crippen LogP contribution in [0.3, 0.4) is 0 Å². The minimum absolute atomic E-state index is 0.0711. The Balaban J connectivity index is 2.59. The van der Waals surface area contributed by atoms with Gasteiger partial charge in [-0.05, 0) is 32.3 Å². The number of hydrogen-bond acceptors (Lipinski definition) is 4. The molecule has 0 saturated heterocycles. The Kier molecular flexibility index (Phi) is 4.35. The number of ether oxygens (including phenoxy) is 1. The van der Waals surface area contributed by atoms with E-state index in [1.54, 1.807) is 0 Å². The number of ketones is 1. The first-order valence-electron chi connectivity index (χ1n) is 7.12. The molecule has 2 aliphatic rings. The highest BCUT2D eigenvalue weighted by Gasteiger charge is 2.57. The smallest absolute Gasteiger partial charge is 0.303 e. The number of aliphatic hydroxyl groups excluding tert-OH is 1. The zero-order valence-electron chi connectivity index (χ0n) is 12.6. The summed E-state index contributed by atoms with van der Waals surface area (Å²) in [5.74, 6) is -1.77. The third-order valence-electron chi connectivity index (χ3n) is 4.99. The average Bonchev–Trinajstić information content (AvgIpc) is 2.40. The van der Waals surface area contributed by atoms with E-state index in [-0.39, 0.29) is 24.7 Å². The van der Waals surface area contributed by atoms with E-state index in [2.05, 4.69) is 0 Å². The van der Waals surface area contributed by atoms with Gasteiger partial charge in [0.15, 0.2) is 5.78 Å². The van der Waals surface area contributed by atoms with Crippen LogP contribution in [0, 0.1) is 17.3 Å². The van der Waals surface area contributed by atoms with Gasteiger partial charge < -0.3 is 14.9 Å². The van der Waals surface area contributed by atoms with E-state index in [1.165, 1.54) is 13.2 Å². The zero-order valence-corrected chi connectivity index (χ0v) is 12.6. The normalized spacial score (nSPS) is 35.8. The minimum Gasteiger partial charge on any atom is -0.481 e. The van der Waals surface area contributed by atoms with Crippen LogP contribution < -0.4 is 0 Å². The van der Waals surface area contributed by atoms with Crippen LogP contribution in [0.25, 0.3) is 0 Å². The molecule has 0 spiro atoms. The second-order valence-electron chi connectivity index (χ2n) is 6.13. The molecule has 0 bridgehead atoms. The predicted octanol–water partition coefficient (Wildman–Crippen LogP) is 1.57. The summed E-state index contributed by atoms with van der Waals surface area (Å²) in [7, 11) is 1.52. The Morgan fingerprint density at radius 1 is 1.43 bits per heavy atom. The second kappa shape index (κ2) is 5.73. The lowest BCUT2D eigenvalue weighted by molar-refractivity contribution is -0.153. The van der Waals surface area contributed by atoms with Crippen molar-refractivity contribution < 1.29 is 24.5 Å². The van der Waals surface area contributed by atoms with Gasteiger partial charge in [-0.2, -0.15) is 0 Å². The molecule has 4 unspecified atom stereocenters. The van der Waals surface area contributed by atoms with E-state index in [4.69, 9.17) is 4.74 Å². The van der Waals surface area contributed by atoms with Crippen LogP contribution in [0.4, 0.5) is 0 Å². The van der Waals surface area contributed by atoms with Crippen molar-refractivity contribution in [1.82, 2.24) is 0 Å². The van der Waals surface area contributed by atoms with Crippen LogP contribution in [0.1, 0.15) is 26.7 Å². The molecule has 0 aromatic carbocycles. The maximum absolute atomic E-state index is 12.1. The summed E-state index contributed by atoms with van der Waals surface area (Å²) < 4.78 is 5.31. The van der Waals surface area contributed by atoms with Crippen molar-refractivity contribution in [1.29, 1.82) is 0 Å². The predicted molar refractivity (Wildman–Crippen MR) is 76.7 cm³/mol. The average molecular weight is 294 g/mol. The third kappa shape index (κ3) is 2.45. The first-order valence-corrected chi connectivity index (χ1v) is 7.12. The molecule has 5 nitrogen and oxygen atoms in total. The maximum Gasteiger partial charge on any atom is 0.303 e. The van der Waals surface area contributed by atoms with Gasteiger partial charge in [-0.3, -0.25) is 9.59 Å². The number of rotatable bonds is 4. The van der Waals surface area contributed by atoms with E-state index in [1.807, 2.05) is 19.9 Å². The van der Waals surface area contributed by atoms with Crippen LogP contribution in [-0.2, 0) is 14.3 Å². The quantitative estimate of drug-likeness (QED) is 0.769. The number of methoxy groups -OCH3 is 1. The molecule has 0 aliphatic heterocycles. The van der Waals surface area contributed by atoms with Crippen LogP contribution in [0.2, 0.25) is 0 Å². The molecule has 0 heterocycles. The Morgan fingerprint density at radius 3 is 2.67 bits per heavy atom. The van der Waals surface area contributed by atoms with Crippen LogP contribution in [-0.4, -0.2) is 41.8 Å². The molecule has 21 heavy (non-hydrogen) atoms. The summed E-state index contributed by atoms with van der Waals surface area (Å²) in [6, 6.07) is 0. The van der Waals surface area contributed by atoms with Gasteiger partial charge in [0.2, 0.25) is 0 Å². The molecule has 4 atom stereocenters. The molecule has 116 valence electrons. The lowest BCUT2D eigenvalue weighted by Crippen LogP contribution is -2.58. The van der Waals surface area contributed by atoms with Crippen molar-refractivity contribution in [2.24, 2.45) is 17.3 Å². The van der Waals surface area contributed by atoms with E-state index in [9.17, 15) is 19.8 Å². The molecule has 0 aromatic heterocycles. The lowest BCUT2D eigenvalue weighted by atomic mass is 9.52. The van der Waals surface area contributed by atoms with Crippen LogP contribution in [0.15, 0.2) is 23.3 Å². The Labute approximate surface area is 124 Å². The highest BCUT2D eigenvalue weighted by Crippen LogP contribution is 2.54. The lowest BCUT2D eigenvalue weighted by Gasteiger charge is -2.52. The van der Waals surface area contributed by atoms with E-state index < -0.39 is 23.4 Å². The standard InChI is InChI=1S/C16H22O5/c1-9-4-5-11-10(2)6-13(17)15(20)16(11,8-21-3)12(9)7-14(18)19/h4,6,11-12,15,20H,5,7-8H2,1-3H3,(H,18,19). The summed E-state index contributed by atoms with van der Waals surface area (Å²) in [6.45, 7) is 3.90. The molecule has 5 heteroatoms. The van der Waals surface area contributed by atoms with Crippen molar-refractivity contribution in [3.8, 4) is 0 Å². The molecule has 2 rings (SSSR count). The topological polar surface area (TPSA) is 83.8 Å². The fourth-order valence-electron chi connectivity index (χ4n) is 4.05. The van der Waals surface area contributed by atoms with Gasteiger partial charge in [0.25, 0.3) is 0 Å². The van der Waals surface area contributed by atoms with Crippen LogP contribution in [0.5, 0.6) is 0 Å². The molecule has 0 amide bonds. The van der Waals surface area contributed by atoms with Crippen molar-refractivity contribution in [2.45, 2.75) is 32.8 Å². The highest BCUT2D eigenvalue weighted by atomic mass is 16.5. The van der Waals surface area contributed by atoms with Gasteiger partial charge in [-0.25, -0.2) is 0 Å². The van der Waals surface area contributed by atoms with Gasteiger partial charge in [-0.1, -0.05) is 17.2 Å². The van der Waals surface area contributed by atoms with Gasteiger partial charge >= 0.3 is 5.97 Å². The van der Waals surface area contributed by atoms with E-state index >= 15 is 0 Å². The Morgan fingerprint density at radius 2 is 2.10 bits per heavy atom. The first kappa shape index (κ1) is 15.9. The molecule has 0 fully saturated rings. The number of carbonyl (C=O) groups excluding carboxylic acids is 1. The number of allylic oxidation sites excluding steroid dienone is 3. The second-order valence-corrected chi connectivity index (χ2v) is 6.13. The minimum atomic E-state index is -1.22. The monoisotopic (exact) mass is 294 g/mol. The molecule has 2 aliphatic carbocycles. The summed E-state index contributed by atoms with van der Waals surface area (Å²) in [6.07, 6.45) is 2.86. The summed E-state index contributed by atoms with van der Waals surface area (Å²) in [4.78, 5) is 23.4. The first-order chi connectivity index (χ1) is 9.84. The SMILES string of the molecule is COCC12C(O)C(=O)C=C(C)C1CC=C(C)C2CC(=O)O. The molecule has 0 aromatic rings. The molecular weight excluding hydrogens is 272 g/mol. The molecule has 2 N–H and O–H groups in total. The third-order valence-corrected chi connectivity index (χ3v) is 4.99. The summed E-state index contributed by atoms with van der Waals surface area (Å²) in [5.41, 5.74) is 0.913. The Bertz CT molecular complexity index is 519. The van der Waals surface area contributed by atoms with Crippen molar-refractivity contribution in [3.05, 3.63) is 23.3 Å². The van der Waals surface area contributed by atoms with Gasteiger partial charge in [0.05, 0.1) is 13.0 Å². The highest BCUT2D eigenvalue weighted by molar-refractivity contribution is 5.96. The Hall–Kier alpha value is -1.46. The number of carbonyl (C=O) groups is 2. The van der Waals surface area contributed by atoms with Gasteiger partial charge in [-0.15, -0.1) is 0 Å². The fraction of sp³-hybridized carbons (Fsp3) is 0.625. The van der Waals surface area contributed by atoms with E-state index in [0.717, 1.165) is 11.1 Å². The van der Waals surface area contributed by atoms with Crippen molar-refractivity contribution in [2.75, 3.05) is 13.7 Å². The summed E-state index contributed by atoms with van der Waals surface area (Å²) >= 11 is 0. The number of aliphatic carboxylic acids is 1. The maximum atomic E-state index is 12.1. The number of carboxylic acids is 1.